The van der Waals surface area contributed by atoms with Gasteiger partial charge in [-0.15, -0.1) is 35.6 Å². The van der Waals surface area contributed by atoms with Gasteiger partial charge in [0.15, 0.2) is 0 Å². The van der Waals surface area contributed by atoms with Crippen LogP contribution in [0.5, 0.6) is 0 Å². The predicted molar refractivity (Wildman–Crippen MR) is 40.2 cm³/mol. The van der Waals surface area contributed by atoms with Crippen molar-refractivity contribution in [3.8, 4) is 0 Å². The third-order valence-corrected chi connectivity index (χ3v) is 1.79. The molecule has 0 N–H and O–H groups in total. The predicted octanol–water partition coefficient (Wildman–Crippen LogP) is 3.14. The highest BCUT2D eigenvalue weighted by Crippen LogP contribution is 2.21. The molecule has 7 heavy (non-hydrogen) atoms. The Hall–Kier alpha value is 1.30. The molecule has 1 atom stereocenters. The van der Waals surface area contributed by atoms with E-state index < -0.39 is 0 Å². The van der Waals surface area contributed by atoms with E-state index in [1.165, 1.54) is 0 Å². The second-order valence-electron chi connectivity index (χ2n) is 0.876. The van der Waals surface area contributed by atoms with Crippen molar-refractivity contribution in [2.24, 2.45) is 0 Å². The highest BCUT2D eigenvalue weighted by atomic mass is 35.5. The van der Waals surface area contributed by atoms with Crippen LogP contribution in [0.4, 0.5) is 0 Å². The monoisotopic (exact) mass is 179 g/mol. The van der Waals surface area contributed by atoms with Crippen molar-refractivity contribution in [3.05, 3.63) is 0 Å². The lowest BCUT2D eigenvalue weighted by molar-refractivity contribution is 1.39. The number of alkyl halides is 2. The van der Waals surface area contributed by atoms with Crippen LogP contribution in [0.1, 0.15) is 6.92 Å². The van der Waals surface area contributed by atoms with Crippen LogP contribution >= 0.6 is 44.2 Å². The van der Waals surface area contributed by atoms with E-state index in [9.17, 15) is 0 Å². The summed E-state index contributed by atoms with van der Waals surface area (Å²) in [5.74, 6) is 0. The molecule has 1 unspecified atom stereocenters. The Morgan fingerprint density at radius 2 is 2.14 bits per heavy atom. The smallest absolute Gasteiger partial charge is 0.0557 e. The Morgan fingerprint density at radius 3 is 2.14 bits per heavy atom. The summed E-state index contributed by atoms with van der Waals surface area (Å²) in [4.78, 5) is 0. The molecule has 0 aliphatic carbocycles. The standard InChI is InChI=1S/C3H6Cl2P.ClH/c1-3(5)6-2-4;/h3H,2H2,1H3;1H. The minimum Gasteiger partial charge on any atom is -0.147 e. The first kappa shape index (κ1) is 11.1. The molecular weight excluding hydrogens is 173 g/mol. The summed E-state index contributed by atoms with van der Waals surface area (Å²) in [5, 5.41) is 0.211. The van der Waals surface area contributed by atoms with E-state index in [0.29, 0.717) is 5.62 Å². The molecule has 0 saturated heterocycles. The van der Waals surface area contributed by atoms with Crippen LogP contribution in [0, 0.1) is 0 Å². The summed E-state index contributed by atoms with van der Waals surface area (Å²) < 4.78 is 0. The maximum Gasteiger partial charge on any atom is 0.0557 e. The zero-order valence-corrected chi connectivity index (χ0v) is 7.12. The average Bonchev–Trinajstić information content (AvgIpc) is 1.35. The summed E-state index contributed by atoms with van der Waals surface area (Å²) in [6, 6.07) is 0. The minimum atomic E-state index is 0. The van der Waals surface area contributed by atoms with Crippen LogP contribution in [0.3, 0.4) is 0 Å². The average molecular weight is 180 g/mol. The molecule has 0 fully saturated rings. The molecule has 0 aliphatic rings. The highest BCUT2D eigenvalue weighted by molar-refractivity contribution is 7.43. The first-order valence-corrected chi connectivity index (χ1v) is 3.76. The Bertz CT molecular complexity index is 31.4. The molecule has 1 radical (unpaired) electrons. The van der Waals surface area contributed by atoms with Gasteiger partial charge in [-0.3, -0.25) is 0 Å². The summed E-state index contributed by atoms with van der Waals surface area (Å²) in [5.41, 5.74) is 0.644. The molecule has 0 bridgehead atoms. The van der Waals surface area contributed by atoms with Crippen LogP contribution in [0.25, 0.3) is 0 Å². The third-order valence-electron chi connectivity index (χ3n) is 0.321. The Balaban J connectivity index is 0. The van der Waals surface area contributed by atoms with E-state index in [-0.39, 0.29) is 17.5 Å². The molecule has 0 aromatic heterocycles. The van der Waals surface area contributed by atoms with Gasteiger partial charge in [0.1, 0.15) is 0 Å². The lowest BCUT2D eigenvalue weighted by Crippen LogP contribution is -1.74. The molecule has 0 spiro atoms. The van der Waals surface area contributed by atoms with E-state index in [2.05, 4.69) is 0 Å². The van der Waals surface area contributed by atoms with Gasteiger partial charge in [-0.1, -0.05) is 0 Å². The second kappa shape index (κ2) is 7.30. The van der Waals surface area contributed by atoms with Crippen LogP contribution < -0.4 is 0 Å². The molecule has 0 amide bonds. The maximum absolute atomic E-state index is 5.48. The highest BCUT2D eigenvalue weighted by Gasteiger charge is 1.90. The number of rotatable bonds is 2. The first-order valence-electron chi connectivity index (χ1n) is 1.64. The fraction of sp³-hybridized carbons (Fsp3) is 1.00. The van der Waals surface area contributed by atoms with E-state index in [1.807, 2.05) is 6.92 Å². The van der Waals surface area contributed by atoms with Crippen molar-refractivity contribution < 1.29 is 0 Å². The second-order valence-corrected chi connectivity index (χ2v) is 3.93. The molecule has 0 rings (SSSR count). The zero-order chi connectivity index (χ0) is 4.99. The summed E-state index contributed by atoms with van der Waals surface area (Å²) in [7, 11) is 1.11. The lowest BCUT2D eigenvalue weighted by Gasteiger charge is -1.91. The molecule has 0 aromatic carbocycles. The third kappa shape index (κ3) is 11.1. The van der Waals surface area contributed by atoms with E-state index >= 15 is 0 Å². The van der Waals surface area contributed by atoms with E-state index in [1.54, 1.807) is 0 Å². The van der Waals surface area contributed by atoms with Gasteiger partial charge in [-0.25, -0.2) is 0 Å². The van der Waals surface area contributed by atoms with Gasteiger partial charge in [-0.2, -0.15) is 0 Å². The van der Waals surface area contributed by atoms with Crippen LogP contribution in [-0.4, -0.2) is 10.7 Å². The van der Waals surface area contributed by atoms with Crippen LogP contribution in [0.15, 0.2) is 0 Å². The largest absolute Gasteiger partial charge is 0.147 e. The van der Waals surface area contributed by atoms with Crippen molar-refractivity contribution in [3.63, 3.8) is 0 Å². The molecule has 0 saturated carbocycles. The Morgan fingerprint density at radius 1 is 1.71 bits per heavy atom. The normalized spacial score (nSPS) is 14.1. The number of halogens is 3. The molecule has 0 heterocycles. The van der Waals surface area contributed by atoms with Gasteiger partial charge in [0, 0.05) is 5.62 Å². The van der Waals surface area contributed by atoms with Gasteiger partial charge < -0.3 is 0 Å². The number of hydrogen-bond acceptors (Lipinski definition) is 0. The fourth-order valence-corrected chi connectivity index (χ4v) is 1.33. The van der Waals surface area contributed by atoms with Gasteiger partial charge in [-0.05, 0) is 15.5 Å². The van der Waals surface area contributed by atoms with E-state index in [0.717, 1.165) is 8.58 Å². The van der Waals surface area contributed by atoms with Gasteiger partial charge >= 0.3 is 0 Å². The molecule has 0 aliphatic heterocycles. The van der Waals surface area contributed by atoms with Crippen molar-refractivity contribution in [1.29, 1.82) is 0 Å². The summed E-state index contributed by atoms with van der Waals surface area (Å²) in [6.45, 7) is 1.92. The molecular formula is C3H7Cl3P. The van der Waals surface area contributed by atoms with Gasteiger partial charge in [0.05, 0.1) is 5.12 Å². The first-order chi connectivity index (χ1) is 2.77. The zero-order valence-electron chi connectivity index (χ0n) is 3.90. The maximum atomic E-state index is 5.48. The molecule has 4 heteroatoms. The Kier molecular flexibility index (Phi) is 11.6. The molecule has 45 valence electrons. The van der Waals surface area contributed by atoms with Crippen molar-refractivity contribution in [2.75, 3.05) is 5.62 Å². The summed E-state index contributed by atoms with van der Waals surface area (Å²) in [6.07, 6.45) is 0. The van der Waals surface area contributed by atoms with Gasteiger partial charge in [0.2, 0.25) is 0 Å². The van der Waals surface area contributed by atoms with Crippen LogP contribution in [0.2, 0.25) is 0 Å². The topological polar surface area (TPSA) is 0 Å². The van der Waals surface area contributed by atoms with Crippen molar-refractivity contribution in [1.82, 2.24) is 0 Å². The van der Waals surface area contributed by atoms with E-state index in [4.69, 9.17) is 23.2 Å². The minimum absolute atomic E-state index is 0. The Labute approximate surface area is 62.1 Å². The molecule has 0 nitrogen and oxygen atoms in total. The van der Waals surface area contributed by atoms with Crippen LogP contribution in [-0.2, 0) is 0 Å². The summed E-state index contributed by atoms with van der Waals surface area (Å²) >= 11 is 10.8. The van der Waals surface area contributed by atoms with Gasteiger partial charge in [0.25, 0.3) is 0 Å². The van der Waals surface area contributed by atoms with Crippen molar-refractivity contribution in [2.45, 2.75) is 12.0 Å². The molecule has 0 aromatic rings. The quantitative estimate of drug-likeness (QED) is 0.452. The fourth-order valence-electron chi connectivity index (χ4n) is 0.0951. The SMILES string of the molecule is CC(Cl)[P]CCl.Cl. The number of hydrogen-bond donors (Lipinski definition) is 0. The van der Waals surface area contributed by atoms with Crippen molar-refractivity contribution >= 4 is 44.2 Å². The lowest BCUT2D eigenvalue weighted by atomic mass is 11.0.